The van der Waals surface area contributed by atoms with Crippen molar-refractivity contribution in [1.82, 2.24) is 10.2 Å². The van der Waals surface area contributed by atoms with Crippen molar-refractivity contribution in [2.24, 2.45) is 0 Å². The molecule has 0 saturated carbocycles. The Kier molecular flexibility index (Phi) is 4.32. The Bertz CT molecular complexity index is 200. The Balaban J connectivity index is 2.40. The minimum atomic E-state index is 0.0454. The van der Waals surface area contributed by atoms with Crippen molar-refractivity contribution in [2.45, 2.75) is 19.3 Å². The molecule has 1 amide bonds. The second-order valence-electron chi connectivity index (χ2n) is 3.31. The van der Waals surface area contributed by atoms with E-state index in [0.717, 1.165) is 25.9 Å². The van der Waals surface area contributed by atoms with E-state index in [1.807, 2.05) is 4.90 Å². The van der Waals surface area contributed by atoms with Crippen LogP contribution >= 0.6 is 12.2 Å². The molecule has 0 atom stereocenters. The summed E-state index contributed by atoms with van der Waals surface area (Å²) in [4.78, 5) is 14.0. The van der Waals surface area contributed by atoms with Crippen LogP contribution in [0, 0.1) is 0 Å². The van der Waals surface area contributed by atoms with Crippen molar-refractivity contribution in [1.29, 1.82) is 0 Å². The van der Waals surface area contributed by atoms with Crippen LogP contribution in [0.4, 0.5) is 0 Å². The minimum Gasteiger partial charge on any atom is -0.338 e. The second kappa shape index (κ2) is 5.29. The third kappa shape index (κ3) is 3.04. The van der Waals surface area contributed by atoms with Gasteiger partial charge in [0.1, 0.15) is 0 Å². The van der Waals surface area contributed by atoms with E-state index in [1.165, 1.54) is 6.42 Å². The third-order valence-electron chi connectivity index (χ3n) is 2.22. The lowest BCUT2D eigenvalue weighted by Crippen LogP contribution is -2.42. The Labute approximate surface area is 84.5 Å². The standard InChI is InChI=1S/C9H16N2OS/c1-10-7-8(13)9(12)11-5-3-2-4-6-11/h10H,2-7H2,1H3. The summed E-state index contributed by atoms with van der Waals surface area (Å²) in [5, 5.41) is 2.90. The molecule has 1 N–H and O–H groups in total. The number of nitrogens with one attached hydrogen (secondary N) is 1. The van der Waals surface area contributed by atoms with Gasteiger partial charge in [-0.15, -0.1) is 0 Å². The van der Waals surface area contributed by atoms with Gasteiger partial charge in [0.25, 0.3) is 5.91 Å². The molecule has 4 heteroatoms. The lowest BCUT2D eigenvalue weighted by atomic mass is 10.1. The summed E-state index contributed by atoms with van der Waals surface area (Å²) in [6, 6.07) is 0. The maximum Gasteiger partial charge on any atom is 0.261 e. The summed E-state index contributed by atoms with van der Waals surface area (Å²) >= 11 is 5.00. The maximum atomic E-state index is 11.6. The summed E-state index contributed by atoms with van der Waals surface area (Å²) in [6.07, 6.45) is 3.48. The smallest absolute Gasteiger partial charge is 0.261 e. The number of thiocarbonyl (C=S) groups is 1. The molecule has 0 unspecified atom stereocenters. The van der Waals surface area contributed by atoms with Crippen molar-refractivity contribution < 1.29 is 4.79 Å². The zero-order valence-electron chi connectivity index (χ0n) is 8.01. The van der Waals surface area contributed by atoms with E-state index >= 15 is 0 Å². The SMILES string of the molecule is CNCC(=S)C(=O)N1CCCCC1. The topological polar surface area (TPSA) is 32.3 Å². The predicted molar refractivity (Wildman–Crippen MR) is 57.0 cm³/mol. The summed E-state index contributed by atoms with van der Waals surface area (Å²) in [5.41, 5.74) is 0. The Morgan fingerprint density at radius 2 is 2.00 bits per heavy atom. The van der Waals surface area contributed by atoms with E-state index < -0.39 is 0 Å². The molecule has 0 aromatic carbocycles. The van der Waals surface area contributed by atoms with Crippen LogP contribution in [0.5, 0.6) is 0 Å². The molecule has 1 rings (SSSR count). The normalized spacial score (nSPS) is 17.2. The molecule has 0 aromatic rings. The van der Waals surface area contributed by atoms with Crippen molar-refractivity contribution in [3.05, 3.63) is 0 Å². The van der Waals surface area contributed by atoms with Crippen molar-refractivity contribution in [2.75, 3.05) is 26.7 Å². The van der Waals surface area contributed by atoms with Crippen molar-refractivity contribution >= 4 is 23.0 Å². The van der Waals surface area contributed by atoms with Gasteiger partial charge in [0.15, 0.2) is 0 Å². The first-order valence-electron chi connectivity index (χ1n) is 4.72. The molecule has 1 aliphatic heterocycles. The number of piperidine rings is 1. The van der Waals surface area contributed by atoms with Gasteiger partial charge in [0.2, 0.25) is 0 Å². The molecule has 0 aromatic heterocycles. The number of likely N-dealkylation sites (tertiary alicyclic amines) is 1. The molecule has 3 nitrogen and oxygen atoms in total. The molecule has 1 heterocycles. The van der Waals surface area contributed by atoms with Gasteiger partial charge < -0.3 is 10.2 Å². The molecule has 0 spiro atoms. The van der Waals surface area contributed by atoms with Crippen LogP contribution in [0.1, 0.15) is 19.3 Å². The molecule has 1 fully saturated rings. The highest BCUT2D eigenvalue weighted by Gasteiger charge is 2.19. The van der Waals surface area contributed by atoms with Crippen LogP contribution in [-0.2, 0) is 4.79 Å². The summed E-state index contributed by atoms with van der Waals surface area (Å²) in [6.45, 7) is 2.27. The van der Waals surface area contributed by atoms with Crippen LogP contribution < -0.4 is 5.32 Å². The number of rotatable bonds is 3. The third-order valence-corrected chi connectivity index (χ3v) is 2.54. The van der Waals surface area contributed by atoms with Crippen LogP contribution in [0.15, 0.2) is 0 Å². The lowest BCUT2D eigenvalue weighted by molar-refractivity contribution is -0.124. The second-order valence-corrected chi connectivity index (χ2v) is 3.80. The average Bonchev–Trinajstić information content (AvgIpc) is 2.18. The molecular formula is C9H16N2OS. The molecule has 0 radical (unpaired) electrons. The summed E-state index contributed by atoms with van der Waals surface area (Å²) in [5.74, 6) is 0.0454. The Morgan fingerprint density at radius 1 is 1.38 bits per heavy atom. The summed E-state index contributed by atoms with van der Waals surface area (Å²) < 4.78 is 0. The van der Waals surface area contributed by atoms with Crippen LogP contribution in [-0.4, -0.2) is 42.4 Å². The largest absolute Gasteiger partial charge is 0.338 e. The highest BCUT2D eigenvalue weighted by Crippen LogP contribution is 2.08. The fourth-order valence-electron chi connectivity index (χ4n) is 1.51. The van der Waals surface area contributed by atoms with Gasteiger partial charge in [-0.1, -0.05) is 12.2 Å². The highest BCUT2D eigenvalue weighted by atomic mass is 32.1. The van der Waals surface area contributed by atoms with E-state index in [-0.39, 0.29) is 5.91 Å². The van der Waals surface area contributed by atoms with Gasteiger partial charge >= 0.3 is 0 Å². The first-order valence-corrected chi connectivity index (χ1v) is 5.13. The van der Waals surface area contributed by atoms with Gasteiger partial charge in [-0.2, -0.15) is 0 Å². The van der Waals surface area contributed by atoms with E-state index in [1.54, 1.807) is 7.05 Å². The fraction of sp³-hybridized carbons (Fsp3) is 0.778. The average molecular weight is 200 g/mol. The highest BCUT2D eigenvalue weighted by molar-refractivity contribution is 7.82. The lowest BCUT2D eigenvalue weighted by Gasteiger charge is -2.26. The van der Waals surface area contributed by atoms with Crippen LogP contribution in [0.25, 0.3) is 0 Å². The summed E-state index contributed by atoms with van der Waals surface area (Å²) in [7, 11) is 1.80. The van der Waals surface area contributed by atoms with Crippen molar-refractivity contribution in [3.8, 4) is 0 Å². The zero-order valence-corrected chi connectivity index (χ0v) is 8.82. The van der Waals surface area contributed by atoms with E-state index in [9.17, 15) is 4.79 Å². The number of carbonyl (C=O) groups excluding carboxylic acids is 1. The molecule has 0 bridgehead atoms. The number of nitrogens with zero attached hydrogens (tertiary/aromatic N) is 1. The molecule has 0 aliphatic carbocycles. The van der Waals surface area contributed by atoms with Crippen molar-refractivity contribution in [3.63, 3.8) is 0 Å². The van der Waals surface area contributed by atoms with Gasteiger partial charge in [-0.3, -0.25) is 4.79 Å². The minimum absolute atomic E-state index is 0.0454. The first-order chi connectivity index (χ1) is 6.25. The van der Waals surface area contributed by atoms with E-state index in [0.29, 0.717) is 11.4 Å². The van der Waals surface area contributed by atoms with Crippen LogP contribution in [0.2, 0.25) is 0 Å². The Morgan fingerprint density at radius 3 is 2.54 bits per heavy atom. The maximum absolute atomic E-state index is 11.6. The number of amides is 1. The number of hydrogen-bond donors (Lipinski definition) is 1. The van der Waals surface area contributed by atoms with Gasteiger partial charge in [0.05, 0.1) is 4.86 Å². The molecular weight excluding hydrogens is 184 g/mol. The molecule has 13 heavy (non-hydrogen) atoms. The van der Waals surface area contributed by atoms with E-state index in [4.69, 9.17) is 12.2 Å². The van der Waals surface area contributed by atoms with Gasteiger partial charge in [0, 0.05) is 19.6 Å². The Hall–Kier alpha value is -0.480. The first kappa shape index (κ1) is 10.6. The quantitative estimate of drug-likeness (QED) is 0.677. The molecule has 1 aliphatic rings. The van der Waals surface area contributed by atoms with Gasteiger partial charge in [-0.25, -0.2) is 0 Å². The number of hydrogen-bond acceptors (Lipinski definition) is 3. The fourth-order valence-corrected chi connectivity index (χ4v) is 1.78. The predicted octanol–water partition coefficient (Wildman–Crippen LogP) is 0.588. The van der Waals surface area contributed by atoms with Gasteiger partial charge in [-0.05, 0) is 26.3 Å². The number of carbonyl (C=O) groups is 1. The van der Waals surface area contributed by atoms with E-state index in [2.05, 4.69) is 5.32 Å². The van der Waals surface area contributed by atoms with Crippen LogP contribution in [0.3, 0.4) is 0 Å². The molecule has 74 valence electrons. The molecule has 1 saturated heterocycles. The monoisotopic (exact) mass is 200 g/mol. The zero-order chi connectivity index (χ0) is 9.68.